The Labute approximate surface area is 78.8 Å². The Hall–Kier alpha value is -0.300. The first kappa shape index (κ1) is 9.79. The molecule has 0 aliphatic heterocycles. The molecule has 0 radical (unpaired) electrons. The van der Waals surface area contributed by atoms with E-state index in [1.807, 2.05) is 19.1 Å². The smallest absolute Gasteiger partial charge is 0.136 e. The van der Waals surface area contributed by atoms with Crippen LogP contribution in [0.1, 0.15) is 32.6 Å². The molecule has 0 aromatic carbocycles. The molecule has 2 unspecified atom stereocenters. The maximum atomic E-state index is 11.2. The lowest BCUT2D eigenvalue weighted by atomic mass is 10.0. The molecule has 2 atom stereocenters. The van der Waals surface area contributed by atoms with Crippen LogP contribution in [0.25, 0.3) is 0 Å². The highest BCUT2D eigenvalue weighted by molar-refractivity contribution is 6.21. The maximum absolute atomic E-state index is 11.2. The lowest BCUT2D eigenvalue weighted by Crippen LogP contribution is -2.11. The van der Waals surface area contributed by atoms with Crippen LogP contribution in [0.15, 0.2) is 12.2 Å². The van der Waals surface area contributed by atoms with E-state index < -0.39 is 0 Å². The van der Waals surface area contributed by atoms with E-state index >= 15 is 0 Å². The molecule has 1 fully saturated rings. The summed E-state index contributed by atoms with van der Waals surface area (Å²) in [7, 11) is 0. The minimum atomic E-state index is 0.0436. The number of hydrogen-bond donors (Lipinski definition) is 0. The zero-order valence-electron chi connectivity index (χ0n) is 7.42. The van der Waals surface area contributed by atoms with E-state index in [1.54, 1.807) is 0 Å². The Bertz CT molecular complexity index is 186. The number of ketones is 1. The quantitative estimate of drug-likeness (QED) is 0.489. The maximum Gasteiger partial charge on any atom is 0.136 e. The second-order valence-corrected chi connectivity index (χ2v) is 3.89. The predicted molar refractivity (Wildman–Crippen MR) is 51.4 cm³/mol. The van der Waals surface area contributed by atoms with Gasteiger partial charge in [-0.25, -0.2) is 0 Å². The molecular formula is C10H15ClO. The second kappa shape index (κ2) is 4.66. The summed E-state index contributed by atoms with van der Waals surface area (Å²) in [5.41, 5.74) is 0. The Kier molecular flexibility index (Phi) is 3.80. The molecule has 0 aromatic heterocycles. The van der Waals surface area contributed by atoms with Gasteiger partial charge in [-0.1, -0.05) is 12.2 Å². The molecule has 0 spiro atoms. The summed E-state index contributed by atoms with van der Waals surface area (Å²) in [5, 5.41) is 0.0436. The van der Waals surface area contributed by atoms with E-state index in [4.69, 9.17) is 11.6 Å². The van der Waals surface area contributed by atoms with Crippen LogP contribution in [0, 0.1) is 5.92 Å². The minimum Gasteiger partial charge on any atom is -0.299 e. The van der Waals surface area contributed by atoms with Gasteiger partial charge in [0.05, 0.1) is 5.38 Å². The third-order valence-electron chi connectivity index (χ3n) is 2.34. The fourth-order valence-electron chi connectivity index (χ4n) is 1.70. The molecule has 68 valence electrons. The van der Waals surface area contributed by atoms with Gasteiger partial charge in [-0.05, 0) is 26.2 Å². The molecule has 0 saturated heterocycles. The molecule has 1 aliphatic rings. The Morgan fingerprint density at radius 3 is 3.00 bits per heavy atom. The fraction of sp³-hybridized carbons (Fsp3) is 0.700. The molecule has 12 heavy (non-hydrogen) atoms. The first-order valence-electron chi connectivity index (χ1n) is 4.53. The molecule has 1 nitrogen and oxygen atoms in total. The number of allylic oxidation sites excluding steroid dienone is 2. The molecule has 1 aliphatic carbocycles. The van der Waals surface area contributed by atoms with Crippen molar-refractivity contribution in [1.29, 1.82) is 0 Å². The van der Waals surface area contributed by atoms with Gasteiger partial charge in [0, 0.05) is 12.3 Å². The van der Waals surface area contributed by atoms with Crippen LogP contribution >= 0.6 is 11.6 Å². The molecule has 0 N–H and O–H groups in total. The Balaban J connectivity index is 2.34. The zero-order chi connectivity index (χ0) is 8.97. The van der Waals surface area contributed by atoms with Gasteiger partial charge < -0.3 is 0 Å². The highest BCUT2D eigenvalue weighted by Gasteiger charge is 2.25. The van der Waals surface area contributed by atoms with Gasteiger partial charge in [0.25, 0.3) is 0 Å². The molecule has 1 rings (SSSR count). The Morgan fingerprint density at radius 1 is 1.75 bits per heavy atom. The van der Waals surface area contributed by atoms with Crippen LogP contribution in [0.4, 0.5) is 0 Å². The van der Waals surface area contributed by atoms with E-state index in [0.717, 1.165) is 25.7 Å². The average Bonchev–Trinajstić information content (AvgIpc) is 2.37. The van der Waals surface area contributed by atoms with Crippen molar-refractivity contribution < 1.29 is 4.79 Å². The summed E-state index contributed by atoms with van der Waals surface area (Å²) in [6.45, 7) is 1.95. The first-order chi connectivity index (χ1) is 5.74. The van der Waals surface area contributed by atoms with Crippen LogP contribution in [-0.4, -0.2) is 11.2 Å². The summed E-state index contributed by atoms with van der Waals surface area (Å²) in [6.07, 6.45) is 7.58. The SMILES string of the molecule is C/C=C/C(Cl)CC1CCCC1=O. The van der Waals surface area contributed by atoms with Crippen molar-refractivity contribution in [3.63, 3.8) is 0 Å². The molecule has 0 amide bonds. The van der Waals surface area contributed by atoms with Crippen LogP contribution in [0.3, 0.4) is 0 Å². The van der Waals surface area contributed by atoms with Gasteiger partial charge in [0.2, 0.25) is 0 Å². The number of carbonyl (C=O) groups excluding carboxylic acids is 1. The highest BCUT2D eigenvalue weighted by atomic mass is 35.5. The van der Waals surface area contributed by atoms with Crippen molar-refractivity contribution in [2.75, 3.05) is 0 Å². The van der Waals surface area contributed by atoms with E-state index in [0.29, 0.717) is 5.78 Å². The monoisotopic (exact) mass is 186 g/mol. The summed E-state index contributed by atoms with van der Waals surface area (Å²) in [6, 6.07) is 0. The zero-order valence-corrected chi connectivity index (χ0v) is 8.18. The topological polar surface area (TPSA) is 17.1 Å². The first-order valence-corrected chi connectivity index (χ1v) is 4.97. The summed E-state index contributed by atoms with van der Waals surface area (Å²) in [5.74, 6) is 0.647. The molecule has 2 heteroatoms. The predicted octanol–water partition coefficient (Wildman–Crippen LogP) is 2.93. The van der Waals surface area contributed by atoms with Crippen LogP contribution < -0.4 is 0 Å². The van der Waals surface area contributed by atoms with E-state index in [-0.39, 0.29) is 11.3 Å². The number of hydrogen-bond acceptors (Lipinski definition) is 1. The Morgan fingerprint density at radius 2 is 2.50 bits per heavy atom. The second-order valence-electron chi connectivity index (χ2n) is 3.33. The number of halogens is 1. The van der Waals surface area contributed by atoms with Gasteiger partial charge in [0.1, 0.15) is 5.78 Å². The highest BCUT2D eigenvalue weighted by Crippen LogP contribution is 2.27. The van der Waals surface area contributed by atoms with E-state index in [9.17, 15) is 4.79 Å². The minimum absolute atomic E-state index is 0.0436. The number of rotatable bonds is 3. The summed E-state index contributed by atoms with van der Waals surface area (Å²) >= 11 is 5.99. The third kappa shape index (κ3) is 2.63. The normalized spacial score (nSPS) is 26.8. The average molecular weight is 187 g/mol. The lowest BCUT2D eigenvalue weighted by molar-refractivity contribution is -0.120. The molecule has 0 heterocycles. The van der Waals surface area contributed by atoms with E-state index in [1.165, 1.54) is 0 Å². The van der Waals surface area contributed by atoms with Crippen molar-refractivity contribution in [2.45, 2.75) is 38.0 Å². The van der Waals surface area contributed by atoms with Crippen LogP contribution in [0.5, 0.6) is 0 Å². The van der Waals surface area contributed by atoms with Crippen molar-refractivity contribution in [2.24, 2.45) is 5.92 Å². The van der Waals surface area contributed by atoms with Crippen molar-refractivity contribution in [1.82, 2.24) is 0 Å². The molecular weight excluding hydrogens is 172 g/mol. The van der Waals surface area contributed by atoms with Crippen molar-refractivity contribution in [3.05, 3.63) is 12.2 Å². The fourth-order valence-corrected chi connectivity index (χ4v) is 2.06. The number of alkyl halides is 1. The van der Waals surface area contributed by atoms with Crippen LogP contribution in [-0.2, 0) is 4.79 Å². The number of Topliss-reactive ketones (excluding diaryl/α,β-unsaturated/α-hetero) is 1. The van der Waals surface area contributed by atoms with Gasteiger partial charge in [-0.15, -0.1) is 11.6 Å². The lowest BCUT2D eigenvalue weighted by Gasteiger charge is -2.09. The molecule has 1 saturated carbocycles. The summed E-state index contributed by atoms with van der Waals surface area (Å²) in [4.78, 5) is 11.2. The van der Waals surface area contributed by atoms with Crippen molar-refractivity contribution >= 4 is 17.4 Å². The third-order valence-corrected chi connectivity index (χ3v) is 2.67. The molecule has 0 aromatic rings. The van der Waals surface area contributed by atoms with Gasteiger partial charge >= 0.3 is 0 Å². The summed E-state index contributed by atoms with van der Waals surface area (Å²) < 4.78 is 0. The van der Waals surface area contributed by atoms with Crippen LogP contribution in [0.2, 0.25) is 0 Å². The standard InChI is InChI=1S/C10H15ClO/c1-2-4-9(11)7-8-5-3-6-10(8)12/h2,4,8-9H,3,5-7H2,1H3/b4-2+. The van der Waals surface area contributed by atoms with Gasteiger partial charge in [-0.2, -0.15) is 0 Å². The van der Waals surface area contributed by atoms with Crippen molar-refractivity contribution in [3.8, 4) is 0 Å². The largest absolute Gasteiger partial charge is 0.299 e. The van der Waals surface area contributed by atoms with Gasteiger partial charge in [0.15, 0.2) is 0 Å². The number of carbonyl (C=O) groups is 1. The molecule has 0 bridgehead atoms. The van der Waals surface area contributed by atoms with E-state index in [2.05, 4.69) is 0 Å². The van der Waals surface area contributed by atoms with Gasteiger partial charge in [-0.3, -0.25) is 4.79 Å².